The molecule has 4 aromatic rings. The van der Waals surface area contributed by atoms with Crippen molar-refractivity contribution in [1.82, 2.24) is 14.5 Å². The van der Waals surface area contributed by atoms with Crippen molar-refractivity contribution in [3.8, 4) is 23.0 Å². The van der Waals surface area contributed by atoms with Crippen LogP contribution >= 0.6 is 0 Å². The molecule has 0 aliphatic heterocycles. The molecule has 1 aromatic heterocycles. The van der Waals surface area contributed by atoms with Gasteiger partial charge in [0.1, 0.15) is 17.3 Å². The quantitative estimate of drug-likeness (QED) is 0.465. The van der Waals surface area contributed by atoms with E-state index in [1.54, 1.807) is 48.5 Å². The first kappa shape index (κ1) is 21.8. The minimum absolute atomic E-state index is 0.0506. The van der Waals surface area contributed by atoms with E-state index >= 15 is 0 Å². The third kappa shape index (κ3) is 4.61. The van der Waals surface area contributed by atoms with Gasteiger partial charge in [-0.1, -0.05) is 66.2 Å². The molecule has 33 heavy (non-hydrogen) atoms. The minimum atomic E-state index is -4.11. The van der Waals surface area contributed by atoms with Gasteiger partial charge in [0.2, 0.25) is 0 Å². The number of carbonyl (C=O) groups is 1. The average molecular weight is 458 g/mol. The number of amides is 2. The Balaban J connectivity index is 1.73. The van der Waals surface area contributed by atoms with Crippen molar-refractivity contribution < 1.29 is 13.2 Å². The van der Waals surface area contributed by atoms with E-state index in [4.69, 9.17) is 0 Å². The second-order valence-corrected chi connectivity index (χ2v) is 8.85. The van der Waals surface area contributed by atoms with E-state index in [2.05, 4.69) is 16.5 Å². The Morgan fingerprint density at radius 2 is 1.55 bits per heavy atom. The maximum Gasteiger partial charge on any atom is 0.334 e. The monoisotopic (exact) mass is 457 g/mol. The highest BCUT2D eigenvalue weighted by molar-refractivity contribution is 7.90. The number of hydrogen-bond donors (Lipinski definition) is 2. The molecule has 0 saturated heterocycles. The van der Waals surface area contributed by atoms with Crippen LogP contribution in [0.4, 0.5) is 10.6 Å². The molecular formula is C24H19N5O3S. The van der Waals surface area contributed by atoms with Crippen LogP contribution in [-0.4, -0.2) is 24.2 Å². The van der Waals surface area contributed by atoms with Crippen LogP contribution < -0.4 is 10.0 Å². The molecule has 3 aromatic carbocycles. The van der Waals surface area contributed by atoms with Crippen molar-refractivity contribution in [1.29, 1.82) is 5.26 Å². The maximum absolute atomic E-state index is 12.7. The molecule has 0 aliphatic rings. The number of aromatic nitrogens is 2. The van der Waals surface area contributed by atoms with Gasteiger partial charge in [-0.15, -0.1) is 0 Å². The zero-order valence-electron chi connectivity index (χ0n) is 17.6. The lowest BCUT2D eigenvalue weighted by molar-refractivity contribution is 0.256. The van der Waals surface area contributed by atoms with Gasteiger partial charge in [-0.2, -0.15) is 10.4 Å². The normalized spacial score (nSPS) is 10.9. The zero-order valence-corrected chi connectivity index (χ0v) is 18.4. The predicted molar refractivity (Wildman–Crippen MR) is 124 cm³/mol. The molecule has 0 bridgehead atoms. The van der Waals surface area contributed by atoms with Crippen molar-refractivity contribution in [2.45, 2.75) is 11.8 Å². The van der Waals surface area contributed by atoms with Gasteiger partial charge in [0.05, 0.1) is 10.6 Å². The van der Waals surface area contributed by atoms with Crippen LogP contribution in [-0.2, 0) is 10.0 Å². The Kier molecular flexibility index (Phi) is 5.93. The first-order valence-electron chi connectivity index (χ1n) is 9.93. The summed E-state index contributed by atoms with van der Waals surface area (Å²) in [4.78, 5) is 12.7. The summed E-state index contributed by atoms with van der Waals surface area (Å²) < 4.78 is 28.6. The van der Waals surface area contributed by atoms with Crippen molar-refractivity contribution in [3.05, 3.63) is 96.1 Å². The Labute approximate surface area is 191 Å². The standard InChI is InChI=1S/C24H19N5O3S/c1-17-12-14-20(15-13-17)33(31,32)28-24(30)26-23-21(16-25)22(18-8-4-2-5-9-18)27-29(23)19-10-6-3-7-11-19/h2-15H,1H3,(H2,26,28,30). The molecule has 8 nitrogen and oxygen atoms in total. The summed E-state index contributed by atoms with van der Waals surface area (Å²) in [5.74, 6) is 0.0548. The Bertz CT molecular complexity index is 1440. The second kappa shape index (κ2) is 8.98. The van der Waals surface area contributed by atoms with Crippen LogP contribution in [0.15, 0.2) is 89.8 Å². The summed E-state index contributed by atoms with van der Waals surface area (Å²) in [6.45, 7) is 1.83. The van der Waals surface area contributed by atoms with E-state index in [-0.39, 0.29) is 16.3 Å². The van der Waals surface area contributed by atoms with Crippen LogP contribution in [0.1, 0.15) is 11.1 Å². The van der Waals surface area contributed by atoms with E-state index < -0.39 is 16.1 Å². The van der Waals surface area contributed by atoms with Crippen LogP contribution in [0, 0.1) is 18.3 Å². The van der Waals surface area contributed by atoms with Crippen molar-refractivity contribution >= 4 is 21.9 Å². The number of aryl methyl sites for hydroxylation is 1. The lowest BCUT2D eigenvalue weighted by Gasteiger charge is -2.11. The number of urea groups is 1. The summed E-state index contributed by atoms with van der Waals surface area (Å²) in [6, 6.07) is 25.1. The van der Waals surface area contributed by atoms with Gasteiger partial charge in [-0.3, -0.25) is 5.32 Å². The second-order valence-electron chi connectivity index (χ2n) is 7.17. The van der Waals surface area contributed by atoms with Crippen molar-refractivity contribution in [2.75, 3.05) is 5.32 Å². The van der Waals surface area contributed by atoms with Crippen LogP contribution in [0.25, 0.3) is 16.9 Å². The van der Waals surface area contributed by atoms with E-state index in [0.717, 1.165) is 5.56 Å². The van der Waals surface area contributed by atoms with Gasteiger partial charge in [-0.05, 0) is 31.2 Å². The first-order chi connectivity index (χ1) is 15.9. The molecule has 9 heteroatoms. The highest BCUT2D eigenvalue weighted by Gasteiger charge is 2.24. The fraction of sp³-hybridized carbons (Fsp3) is 0.0417. The number of para-hydroxylation sites is 1. The largest absolute Gasteiger partial charge is 0.334 e. The number of benzene rings is 3. The minimum Gasteiger partial charge on any atom is -0.290 e. The number of nitrogens with one attached hydrogen (secondary N) is 2. The summed E-state index contributed by atoms with van der Waals surface area (Å²) in [5.41, 5.74) is 2.62. The predicted octanol–water partition coefficient (Wildman–Crippen LogP) is 4.23. The van der Waals surface area contributed by atoms with Crippen LogP contribution in [0.5, 0.6) is 0 Å². The SMILES string of the molecule is Cc1ccc(S(=O)(=O)NC(=O)Nc2c(C#N)c(-c3ccccc3)nn2-c2ccccc2)cc1. The Hall–Kier alpha value is -4.42. The van der Waals surface area contributed by atoms with Gasteiger partial charge in [0.15, 0.2) is 5.82 Å². The molecule has 2 amide bonds. The average Bonchev–Trinajstić information content (AvgIpc) is 3.18. The van der Waals surface area contributed by atoms with Gasteiger partial charge in [0.25, 0.3) is 10.0 Å². The molecule has 0 atom stereocenters. The highest BCUT2D eigenvalue weighted by atomic mass is 32.2. The molecule has 0 unspecified atom stereocenters. The van der Waals surface area contributed by atoms with Crippen LogP contribution in [0.2, 0.25) is 0 Å². The van der Waals surface area contributed by atoms with E-state index in [1.165, 1.54) is 16.8 Å². The molecule has 0 saturated carbocycles. The Morgan fingerprint density at radius 3 is 2.15 bits per heavy atom. The smallest absolute Gasteiger partial charge is 0.290 e. The zero-order chi connectivity index (χ0) is 23.4. The number of nitrogens with zero attached hydrogens (tertiary/aromatic N) is 3. The molecule has 0 aliphatic carbocycles. The van der Waals surface area contributed by atoms with Gasteiger partial charge < -0.3 is 0 Å². The molecule has 0 spiro atoms. The molecule has 1 heterocycles. The molecule has 164 valence electrons. The number of rotatable bonds is 5. The maximum atomic E-state index is 12.7. The summed E-state index contributed by atoms with van der Waals surface area (Å²) >= 11 is 0. The van der Waals surface area contributed by atoms with Gasteiger partial charge in [-0.25, -0.2) is 22.6 Å². The number of hydrogen-bond acceptors (Lipinski definition) is 5. The topological polar surface area (TPSA) is 117 Å². The fourth-order valence-electron chi connectivity index (χ4n) is 3.22. The number of nitriles is 1. The van der Waals surface area contributed by atoms with E-state index in [1.807, 2.05) is 35.9 Å². The molecule has 4 rings (SSSR count). The lowest BCUT2D eigenvalue weighted by atomic mass is 10.1. The summed E-state index contributed by atoms with van der Waals surface area (Å²) in [7, 11) is -4.11. The fourth-order valence-corrected chi connectivity index (χ4v) is 4.13. The Morgan fingerprint density at radius 1 is 0.939 bits per heavy atom. The lowest BCUT2D eigenvalue weighted by Crippen LogP contribution is -2.35. The summed E-state index contributed by atoms with van der Waals surface area (Å²) in [5, 5.41) is 16.9. The molecule has 2 N–H and O–H groups in total. The van der Waals surface area contributed by atoms with E-state index in [0.29, 0.717) is 16.9 Å². The number of anilines is 1. The molecule has 0 fully saturated rings. The highest BCUT2D eigenvalue weighted by Crippen LogP contribution is 2.30. The molecule has 0 radical (unpaired) electrons. The number of sulfonamides is 1. The van der Waals surface area contributed by atoms with Crippen molar-refractivity contribution in [3.63, 3.8) is 0 Å². The first-order valence-corrected chi connectivity index (χ1v) is 11.4. The summed E-state index contributed by atoms with van der Waals surface area (Å²) in [6.07, 6.45) is 0. The van der Waals surface area contributed by atoms with Gasteiger partial charge >= 0.3 is 6.03 Å². The van der Waals surface area contributed by atoms with Gasteiger partial charge in [0, 0.05) is 5.56 Å². The van der Waals surface area contributed by atoms with E-state index in [9.17, 15) is 18.5 Å². The third-order valence-corrected chi connectivity index (χ3v) is 6.18. The van der Waals surface area contributed by atoms with Crippen LogP contribution in [0.3, 0.4) is 0 Å². The van der Waals surface area contributed by atoms with Crippen molar-refractivity contribution in [2.24, 2.45) is 0 Å². The molecular weight excluding hydrogens is 438 g/mol. The number of carbonyl (C=O) groups excluding carboxylic acids is 1. The third-order valence-electron chi connectivity index (χ3n) is 4.84.